The molecule has 0 spiro atoms. The van der Waals surface area contributed by atoms with Gasteiger partial charge in [-0.05, 0) is 70.6 Å². The summed E-state index contributed by atoms with van der Waals surface area (Å²) in [7, 11) is 0. The van der Waals surface area contributed by atoms with Gasteiger partial charge in [-0.25, -0.2) is 0 Å². The molecule has 0 aromatic carbocycles. The van der Waals surface area contributed by atoms with Gasteiger partial charge in [-0.2, -0.15) is 0 Å². The van der Waals surface area contributed by atoms with Gasteiger partial charge in [0, 0.05) is 19.3 Å². The van der Waals surface area contributed by atoms with Crippen molar-refractivity contribution in [3.8, 4) is 0 Å². The molecule has 0 rings (SSSR count). The third-order valence-corrected chi connectivity index (χ3v) is 13.1. The lowest BCUT2D eigenvalue weighted by Gasteiger charge is -2.18. The Bertz CT molecular complexity index is 1130. The summed E-state index contributed by atoms with van der Waals surface area (Å²) < 4.78 is 16.7. The topological polar surface area (TPSA) is 78.9 Å². The van der Waals surface area contributed by atoms with Gasteiger partial charge in [0.05, 0.1) is 0 Å². The molecule has 0 amide bonds. The molecule has 0 bridgehead atoms. The van der Waals surface area contributed by atoms with E-state index in [2.05, 4.69) is 57.2 Å². The lowest BCUT2D eigenvalue weighted by molar-refractivity contribution is -0.167. The summed E-state index contributed by atoms with van der Waals surface area (Å²) in [6, 6.07) is 0. The normalized spacial score (nSPS) is 12.2. The highest BCUT2D eigenvalue weighted by atomic mass is 16.6. The van der Waals surface area contributed by atoms with Crippen LogP contribution < -0.4 is 0 Å². The molecular weight excluding hydrogens is 829 g/mol. The summed E-state index contributed by atoms with van der Waals surface area (Å²) in [5.74, 6) is -0.886. The molecule has 0 aliphatic heterocycles. The fraction of sp³-hybridized carbons (Fsp3) is 0.852. The van der Waals surface area contributed by atoms with Gasteiger partial charge in [-0.3, -0.25) is 14.4 Å². The SMILES string of the molecule is CCCC/C=C\C/C=C\CCCCCCCC(=O)OC(COC(=O)CCCCCCCC)COC(=O)CCCCCCCCCCCCCCCCCCC/C=C\CCCCCCCCCC. The zero-order valence-corrected chi connectivity index (χ0v) is 44.9. The van der Waals surface area contributed by atoms with Crippen molar-refractivity contribution in [3.63, 3.8) is 0 Å². The second-order valence-corrected chi connectivity index (χ2v) is 19.9. The number of rotatable bonds is 54. The van der Waals surface area contributed by atoms with Crippen LogP contribution in [0.1, 0.15) is 316 Å². The van der Waals surface area contributed by atoms with Crippen molar-refractivity contribution in [1.82, 2.24) is 0 Å². The van der Waals surface area contributed by atoms with Crippen LogP contribution in [-0.4, -0.2) is 37.2 Å². The Hall–Kier alpha value is -2.37. The number of carbonyl (C=O) groups excluding carboxylic acids is 3. The summed E-state index contributed by atoms with van der Waals surface area (Å²) in [6.45, 7) is 6.56. The van der Waals surface area contributed by atoms with Crippen LogP contribution in [0.3, 0.4) is 0 Å². The minimum Gasteiger partial charge on any atom is -0.462 e. The van der Waals surface area contributed by atoms with Gasteiger partial charge in [0.25, 0.3) is 0 Å². The molecule has 392 valence electrons. The molecule has 0 N–H and O–H groups in total. The molecule has 0 saturated carbocycles. The summed E-state index contributed by atoms with van der Waals surface area (Å²) in [5.41, 5.74) is 0. The number of esters is 3. The van der Waals surface area contributed by atoms with E-state index in [4.69, 9.17) is 14.2 Å². The minimum atomic E-state index is -0.773. The third kappa shape index (κ3) is 54.4. The van der Waals surface area contributed by atoms with Crippen LogP contribution in [0.25, 0.3) is 0 Å². The lowest BCUT2D eigenvalue weighted by Crippen LogP contribution is -2.30. The maximum atomic E-state index is 12.8. The summed E-state index contributed by atoms with van der Waals surface area (Å²) in [4.78, 5) is 37.8. The van der Waals surface area contributed by atoms with Crippen LogP contribution in [0.15, 0.2) is 36.5 Å². The molecule has 6 heteroatoms. The Morgan fingerprint density at radius 3 is 0.881 bits per heavy atom. The highest BCUT2D eigenvalue weighted by Crippen LogP contribution is 2.17. The second-order valence-electron chi connectivity index (χ2n) is 19.9. The molecule has 0 aliphatic rings. The standard InChI is InChI=1S/C61H112O6/c1-4-7-10-13-16-18-20-22-24-25-26-27-28-29-30-31-32-33-34-35-36-37-38-40-41-43-45-48-51-54-60(63)66-57-58(56-65-59(62)53-50-47-15-12-9-6-3)67-61(64)55-52-49-46-44-42-39-23-21-19-17-14-11-8-5-2/h14,17,21,23,25-26,58H,4-13,15-16,18-20,22,24,27-57H2,1-3H3/b17-14-,23-21-,26-25-. The van der Waals surface area contributed by atoms with E-state index in [1.165, 1.54) is 193 Å². The first-order valence-corrected chi connectivity index (χ1v) is 29.5. The lowest BCUT2D eigenvalue weighted by atomic mass is 10.0. The molecule has 0 aromatic heterocycles. The highest BCUT2D eigenvalue weighted by molar-refractivity contribution is 5.71. The third-order valence-electron chi connectivity index (χ3n) is 13.1. The van der Waals surface area contributed by atoms with Gasteiger partial charge >= 0.3 is 17.9 Å². The van der Waals surface area contributed by atoms with Gasteiger partial charge in [0.15, 0.2) is 6.10 Å². The maximum Gasteiger partial charge on any atom is 0.306 e. The Morgan fingerprint density at radius 2 is 0.552 bits per heavy atom. The van der Waals surface area contributed by atoms with E-state index < -0.39 is 6.10 Å². The van der Waals surface area contributed by atoms with Crippen LogP contribution in [0.5, 0.6) is 0 Å². The molecule has 0 saturated heterocycles. The minimum absolute atomic E-state index is 0.0747. The predicted molar refractivity (Wildman–Crippen MR) is 289 cm³/mol. The van der Waals surface area contributed by atoms with Crippen LogP contribution in [0.4, 0.5) is 0 Å². The number of allylic oxidation sites excluding steroid dienone is 6. The molecule has 1 unspecified atom stereocenters. The smallest absolute Gasteiger partial charge is 0.306 e. The number of ether oxygens (including phenoxy) is 3. The summed E-state index contributed by atoms with van der Waals surface area (Å²) in [5, 5.41) is 0. The Balaban J connectivity index is 3.99. The maximum absolute atomic E-state index is 12.8. The molecular formula is C61H112O6. The summed E-state index contributed by atoms with van der Waals surface area (Å²) in [6.07, 6.45) is 67.6. The fourth-order valence-electron chi connectivity index (χ4n) is 8.63. The van der Waals surface area contributed by atoms with Crippen molar-refractivity contribution in [1.29, 1.82) is 0 Å². The van der Waals surface area contributed by atoms with Gasteiger partial charge in [0.1, 0.15) is 13.2 Å². The van der Waals surface area contributed by atoms with E-state index in [1.54, 1.807) is 0 Å². The molecule has 0 aliphatic carbocycles. The van der Waals surface area contributed by atoms with E-state index >= 15 is 0 Å². The van der Waals surface area contributed by atoms with Gasteiger partial charge in [-0.15, -0.1) is 0 Å². The van der Waals surface area contributed by atoms with E-state index in [9.17, 15) is 14.4 Å². The molecule has 0 aromatic rings. The molecule has 0 fully saturated rings. The van der Waals surface area contributed by atoms with Crippen LogP contribution >= 0.6 is 0 Å². The zero-order valence-electron chi connectivity index (χ0n) is 44.9. The average Bonchev–Trinajstić information content (AvgIpc) is 3.33. The van der Waals surface area contributed by atoms with Crippen LogP contribution in [0.2, 0.25) is 0 Å². The van der Waals surface area contributed by atoms with Gasteiger partial charge < -0.3 is 14.2 Å². The molecule has 0 heterocycles. The Labute approximate surface area is 416 Å². The van der Waals surface area contributed by atoms with E-state index in [0.29, 0.717) is 19.3 Å². The zero-order chi connectivity index (χ0) is 48.6. The molecule has 6 nitrogen and oxygen atoms in total. The van der Waals surface area contributed by atoms with E-state index in [1.807, 2.05) is 0 Å². The van der Waals surface area contributed by atoms with Crippen molar-refractivity contribution in [3.05, 3.63) is 36.5 Å². The second kappa shape index (κ2) is 56.2. The van der Waals surface area contributed by atoms with E-state index in [-0.39, 0.29) is 31.1 Å². The van der Waals surface area contributed by atoms with Gasteiger partial charge in [0.2, 0.25) is 0 Å². The quantitative estimate of drug-likeness (QED) is 0.0262. The van der Waals surface area contributed by atoms with E-state index in [0.717, 1.165) is 83.5 Å². The molecule has 0 radical (unpaired) electrons. The van der Waals surface area contributed by atoms with Crippen LogP contribution in [0, 0.1) is 0 Å². The monoisotopic (exact) mass is 941 g/mol. The first-order valence-electron chi connectivity index (χ1n) is 29.5. The number of unbranched alkanes of at least 4 members (excludes halogenated alkanes) is 37. The van der Waals surface area contributed by atoms with Crippen molar-refractivity contribution in [2.75, 3.05) is 13.2 Å². The summed E-state index contributed by atoms with van der Waals surface area (Å²) >= 11 is 0. The number of hydrogen-bond acceptors (Lipinski definition) is 6. The van der Waals surface area contributed by atoms with Crippen LogP contribution in [-0.2, 0) is 28.6 Å². The average molecular weight is 942 g/mol. The number of hydrogen-bond donors (Lipinski definition) is 0. The first-order chi connectivity index (χ1) is 33.0. The van der Waals surface area contributed by atoms with Crippen molar-refractivity contribution in [2.24, 2.45) is 0 Å². The first kappa shape index (κ1) is 64.6. The Kier molecular flexibility index (Phi) is 54.2. The number of carbonyl (C=O) groups is 3. The largest absolute Gasteiger partial charge is 0.462 e. The van der Waals surface area contributed by atoms with Gasteiger partial charge in [-0.1, -0.05) is 263 Å². The molecule has 67 heavy (non-hydrogen) atoms. The van der Waals surface area contributed by atoms with Crippen molar-refractivity contribution in [2.45, 2.75) is 322 Å². The highest BCUT2D eigenvalue weighted by Gasteiger charge is 2.19. The fourth-order valence-corrected chi connectivity index (χ4v) is 8.63. The predicted octanol–water partition coefficient (Wildman–Crippen LogP) is 19.7. The Morgan fingerprint density at radius 1 is 0.299 bits per heavy atom. The molecule has 1 atom stereocenters. The van der Waals surface area contributed by atoms with Crippen molar-refractivity contribution < 1.29 is 28.6 Å². The van der Waals surface area contributed by atoms with Crippen molar-refractivity contribution >= 4 is 17.9 Å².